The van der Waals surface area contributed by atoms with Crippen LogP contribution in [0.25, 0.3) is 33.1 Å². The lowest BCUT2D eigenvalue weighted by molar-refractivity contribution is 0.748. The van der Waals surface area contributed by atoms with Crippen molar-refractivity contribution in [1.29, 1.82) is 0 Å². The maximum atomic E-state index is 5.70. The predicted molar refractivity (Wildman–Crippen MR) is 114 cm³/mol. The number of hydrogen-bond donors (Lipinski definition) is 2. The third kappa shape index (κ3) is 3.28. The van der Waals surface area contributed by atoms with Gasteiger partial charge in [-0.3, -0.25) is 4.98 Å². The molecule has 3 N–H and O–H groups in total. The zero-order valence-electron chi connectivity index (χ0n) is 13.9. The average Bonchev–Trinajstić information content (AvgIpc) is 2.99. The first kappa shape index (κ1) is 16.5. The molecule has 0 unspecified atom stereocenters. The van der Waals surface area contributed by atoms with Gasteiger partial charge in [-0.2, -0.15) is 0 Å². The van der Waals surface area contributed by atoms with Gasteiger partial charge in [0.25, 0.3) is 0 Å². The minimum atomic E-state index is 0.743. The van der Waals surface area contributed by atoms with Gasteiger partial charge in [0, 0.05) is 31.6 Å². The van der Waals surface area contributed by atoms with Crippen LogP contribution in [0.3, 0.4) is 0 Å². The summed E-state index contributed by atoms with van der Waals surface area (Å²) in [6.07, 6.45) is 5.15. The molecule has 0 aliphatic heterocycles. The van der Waals surface area contributed by atoms with Gasteiger partial charge in [-0.25, -0.2) is 0 Å². The summed E-state index contributed by atoms with van der Waals surface area (Å²) in [5.41, 5.74) is 11.6. The lowest BCUT2D eigenvalue weighted by atomic mass is 10.0. The standard InChI is InChI=1S/C21H20IN3/c22-16-8-9-20-18(12-16)17(6-3-4-10-23)21(25-20)15-11-14-5-1-2-7-19(14)24-13-15/h1-2,5,7-9,11-13,25H,3-4,6,10,23H2. The highest BCUT2D eigenvalue weighted by Gasteiger charge is 2.14. The number of hydrogen-bond acceptors (Lipinski definition) is 2. The van der Waals surface area contributed by atoms with Crippen LogP contribution in [0.5, 0.6) is 0 Å². The fourth-order valence-corrected chi connectivity index (χ4v) is 3.87. The van der Waals surface area contributed by atoms with Crippen LogP contribution in [0.4, 0.5) is 0 Å². The van der Waals surface area contributed by atoms with Crippen molar-refractivity contribution in [2.24, 2.45) is 5.73 Å². The zero-order valence-corrected chi connectivity index (χ0v) is 16.1. The number of aryl methyl sites for hydroxylation is 1. The van der Waals surface area contributed by atoms with E-state index in [0.29, 0.717) is 0 Å². The van der Waals surface area contributed by atoms with E-state index in [0.717, 1.165) is 36.9 Å². The van der Waals surface area contributed by atoms with Crippen LogP contribution in [0.15, 0.2) is 54.7 Å². The smallest absolute Gasteiger partial charge is 0.0702 e. The molecule has 0 bridgehead atoms. The van der Waals surface area contributed by atoms with Crippen molar-refractivity contribution in [2.45, 2.75) is 19.3 Å². The van der Waals surface area contributed by atoms with Crippen LogP contribution in [0, 0.1) is 3.57 Å². The molecule has 0 saturated heterocycles. The van der Waals surface area contributed by atoms with Crippen molar-refractivity contribution in [1.82, 2.24) is 9.97 Å². The van der Waals surface area contributed by atoms with Crippen molar-refractivity contribution in [3.05, 3.63) is 63.9 Å². The highest BCUT2D eigenvalue weighted by atomic mass is 127. The normalized spacial score (nSPS) is 11.4. The molecule has 0 aliphatic carbocycles. The summed E-state index contributed by atoms with van der Waals surface area (Å²) in [4.78, 5) is 8.27. The van der Waals surface area contributed by atoms with E-state index in [9.17, 15) is 0 Å². The molecule has 2 aromatic heterocycles. The summed E-state index contributed by atoms with van der Waals surface area (Å²) in [6.45, 7) is 0.743. The largest absolute Gasteiger partial charge is 0.354 e. The summed E-state index contributed by atoms with van der Waals surface area (Å²) in [5, 5.41) is 2.48. The Morgan fingerprint density at radius 2 is 1.92 bits per heavy atom. The first-order valence-corrected chi connectivity index (χ1v) is 9.69. The molecule has 126 valence electrons. The fourth-order valence-electron chi connectivity index (χ4n) is 3.38. The number of aromatic amines is 1. The molecule has 0 spiro atoms. The molecule has 4 aromatic rings. The molecule has 25 heavy (non-hydrogen) atoms. The Hall–Kier alpha value is -1.92. The first-order valence-electron chi connectivity index (χ1n) is 8.61. The lowest BCUT2D eigenvalue weighted by Gasteiger charge is -2.06. The molecule has 3 nitrogen and oxygen atoms in total. The van der Waals surface area contributed by atoms with E-state index >= 15 is 0 Å². The molecule has 0 saturated carbocycles. The molecule has 0 atom stereocenters. The van der Waals surface area contributed by atoms with E-state index in [4.69, 9.17) is 5.73 Å². The van der Waals surface area contributed by atoms with Crippen molar-refractivity contribution in [3.8, 4) is 11.3 Å². The van der Waals surface area contributed by atoms with Gasteiger partial charge >= 0.3 is 0 Å². The Morgan fingerprint density at radius 3 is 2.80 bits per heavy atom. The Morgan fingerprint density at radius 1 is 1.04 bits per heavy atom. The number of H-pyrrole nitrogens is 1. The van der Waals surface area contributed by atoms with Gasteiger partial charge in [0.1, 0.15) is 0 Å². The van der Waals surface area contributed by atoms with Crippen molar-refractivity contribution < 1.29 is 0 Å². The van der Waals surface area contributed by atoms with E-state index in [-0.39, 0.29) is 0 Å². The van der Waals surface area contributed by atoms with Crippen LogP contribution >= 0.6 is 22.6 Å². The van der Waals surface area contributed by atoms with Gasteiger partial charge in [-0.15, -0.1) is 0 Å². The Bertz CT molecular complexity index is 1040. The van der Waals surface area contributed by atoms with E-state index in [1.54, 1.807) is 0 Å². The minimum Gasteiger partial charge on any atom is -0.354 e. The number of fused-ring (bicyclic) bond motifs is 2. The summed E-state index contributed by atoms with van der Waals surface area (Å²) in [7, 11) is 0. The number of halogens is 1. The molecule has 2 heterocycles. The quantitative estimate of drug-likeness (QED) is 0.328. The number of nitrogens with one attached hydrogen (secondary N) is 1. The van der Waals surface area contributed by atoms with Gasteiger partial charge in [0.15, 0.2) is 0 Å². The zero-order chi connectivity index (χ0) is 17.2. The average molecular weight is 441 g/mol. The van der Waals surface area contributed by atoms with Crippen LogP contribution < -0.4 is 5.73 Å². The third-order valence-corrected chi connectivity index (χ3v) is 5.30. The van der Waals surface area contributed by atoms with Gasteiger partial charge in [0.2, 0.25) is 0 Å². The summed E-state index contributed by atoms with van der Waals surface area (Å²) < 4.78 is 1.26. The molecule has 0 fully saturated rings. The van der Waals surface area contributed by atoms with E-state index in [1.807, 2.05) is 12.3 Å². The second kappa shape index (κ2) is 7.14. The first-order chi connectivity index (χ1) is 12.3. The second-order valence-electron chi connectivity index (χ2n) is 6.33. The lowest BCUT2D eigenvalue weighted by Crippen LogP contribution is -1.99. The molecular weight excluding hydrogens is 421 g/mol. The summed E-state index contributed by atoms with van der Waals surface area (Å²) >= 11 is 2.38. The number of aromatic nitrogens is 2. The topological polar surface area (TPSA) is 54.7 Å². The number of nitrogens with zero attached hydrogens (tertiary/aromatic N) is 1. The summed E-state index contributed by atoms with van der Waals surface area (Å²) in [6, 6.07) is 17.1. The predicted octanol–water partition coefficient (Wildman–Crippen LogP) is 5.27. The number of unbranched alkanes of at least 4 members (excludes halogenated alkanes) is 1. The van der Waals surface area contributed by atoms with Gasteiger partial charge in [-0.05, 0) is 84.3 Å². The number of pyridine rings is 1. The Kier molecular flexibility index (Phi) is 4.72. The van der Waals surface area contributed by atoms with Crippen molar-refractivity contribution >= 4 is 44.4 Å². The van der Waals surface area contributed by atoms with Crippen LogP contribution in [0.1, 0.15) is 18.4 Å². The third-order valence-electron chi connectivity index (χ3n) is 4.63. The Balaban J connectivity index is 1.87. The SMILES string of the molecule is NCCCCc1c(-c2cnc3ccccc3c2)[nH]c2ccc(I)cc12. The van der Waals surface area contributed by atoms with Crippen molar-refractivity contribution in [2.75, 3.05) is 6.54 Å². The van der Waals surface area contributed by atoms with E-state index in [1.165, 1.54) is 31.1 Å². The van der Waals surface area contributed by atoms with Gasteiger partial charge < -0.3 is 10.7 Å². The molecular formula is C21H20IN3. The highest BCUT2D eigenvalue weighted by Crippen LogP contribution is 2.33. The number of benzene rings is 2. The monoisotopic (exact) mass is 441 g/mol. The molecule has 0 amide bonds. The number of nitrogens with two attached hydrogens (primary N) is 1. The molecule has 2 aromatic carbocycles. The van der Waals surface area contributed by atoms with E-state index in [2.05, 4.69) is 75.0 Å². The van der Waals surface area contributed by atoms with Gasteiger partial charge in [0.05, 0.1) is 11.2 Å². The van der Waals surface area contributed by atoms with Gasteiger partial charge in [-0.1, -0.05) is 18.2 Å². The van der Waals surface area contributed by atoms with Crippen LogP contribution in [-0.4, -0.2) is 16.5 Å². The second-order valence-corrected chi connectivity index (χ2v) is 7.58. The number of para-hydroxylation sites is 1. The maximum absolute atomic E-state index is 5.70. The minimum absolute atomic E-state index is 0.743. The fraction of sp³-hybridized carbons (Fsp3) is 0.190. The summed E-state index contributed by atoms with van der Waals surface area (Å²) in [5.74, 6) is 0. The van der Waals surface area contributed by atoms with E-state index < -0.39 is 0 Å². The molecule has 4 rings (SSSR count). The highest BCUT2D eigenvalue weighted by molar-refractivity contribution is 14.1. The molecule has 0 radical (unpaired) electrons. The van der Waals surface area contributed by atoms with Crippen molar-refractivity contribution in [3.63, 3.8) is 0 Å². The van der Waals surface area contributed by atoms with Crippen LogP contribution in [0.2, 0.25) is 0 Å². The Labute approximate surface area is 160 Å². The maximum Gasteiger partial charge on any atom is 0.0702 e. The number of rotatable bonds is 5. The molecule has 4 heteroatoms. The van der Waals surface area contributed by atoms with Crippen LogP contribution in [-0.2, 0) is 6.42 Å². The molecule has 0 aliphatic rings.